The molecular formula is C21H28N2O5S2. The molecular weight excluding hydrogens is 424 g/mol. The maximum Gasteiger partial charge on any atom is 0.240 e. The Labute approximate surface area is 178 Å². The van der Waals surface area contributed by atoms with Gasteiger partial charge in [0.25, 0.3) is 0 Å². The van der Waals surface area contributed by atoms with Crippen molar-refractivity contribution in [1.82, 2.24) is 10.0 Å². The highest BCUT2D eigenvalue weighted by Gasteiger charge is 2.17. The average Bonchev–Trinajstić information content (AvgIpc) is 2.65. The number of hydrogen-bond acceptors (Lipinski definition) is 5. The molecule has 0 atom stereocenters. The predicted molar refractivity (Wildman–Crippen MR) is 117 cm³/mol. The lowest BCUT2D eigenvalue weighted by Crippen LogP contribution is -2.32. The second-order valence-electron chi connectivity index (χ2n) is 7.20. The minimum absolute atomic E-state index is 0.0258. The van der Waals surface area contributed by atoms with Crippen molar-refractivity contribution in [3.05, 3.63) is 65.2 Å². The van der Waals surface area contributed by atoms with Gasteiger partial charge in [0.2, 0.25) is 15.9 Å². The van der Waals surface area contributed by atoms with Crippen LogP contribution in [0.25, 0.3) is 0 Å². The molecule has 0 saturated heterocycles. The maximum absolute atomic E-state index is 12.4. The van der Waals surface area contributed by atoms with Crippen molar-refractivity contribution in [3.8, 4) is 0 Å². The average molecular weight is 453 g/mol. The highest BCUT2D eigenvalue weighted by atomic mass is 32.2. The van der Waals surface area contributed by atoms with E-state index < -0.39 is 19.9 Å². The van der Waals surface area contributed by atoms with Crippen LogP contribution in [0.3, 0.4) is 0 Å². The molecule has 1 amide bonds. The van der Waals surface area contributed by atoms with Gasteiger partial charge in [0, 0.05) is 19.5 Å². The van der Waals surface area contributed by atoms with Crippen LogP contribution in [0.5, 0.6) is 0 Å². The van der Waals surface area contributed by atoms with Gasteiger partial charge in [-0.25, -0.2) is 21.6 Å². The minimum Gasteiger partial charge on any atom is -0.356 e. The molecule has 0 aromatic heterocycles. The number of carbonyl (C=O) groups is 1. The van der Waals surface area contributed by atoms with Gasteiger partial charge < -0.3 is 5.32 Å². The van der Waals surface area contributed by atoms with Crippen LogP contribution < -0.4 is 10.0 Å². The minimum atomic E-state index is -3.69. The van der Waals surface area contributed by atoms with Gasteiger partial charge in [-0.3, -0.25) is 4.79 Å². The van der Waals surface area contributed by atoms with E-state index in [1.165, 1.54) is 0 Å². The summed E-state index contributed by atoms with van der Waals surface area (Å²) >= 11 is 0. The Morgan fingerprint density at radius 1 is 0.933 bits per heavy atom. The second kappa shape index (κ2) is 10.7. The Morgan fingerprint density at radius 3 is 2.30 bits per heavy atom. The lowest BCUT2D eigenvalue weighted by Gasteiger charge is -2.10. The zero-order chi connectivity index (χ0) is 22.2. The topological polar surface area (TPSA) is 109 Å². The van der Waals surface area contributed by atoms with E-state index in [1.54, 1.807) is 49.4 Å². The van der Waals surface area contributed by atoms with Gasteiger partial charge in [-0.15, -0.1) is 0 Å². The lowest BCUT2D eigenvalue weighted by molar-refractivity contribution is -0.120. The number of rotatable bonds is 11. The van der Waals surface area contributed by atoms with Crippen LogP contribution in [-0.4, -0.2) is 41.6 Å². The van der Waals surface area contributed by atoms with Crippen LogP contribution in [0.1, 0.15) is 29.5 Å². The largest absolute Gasteiger partial charge is 0.356 e. The standard InChI is InChI=1S/C21H28N2O5S2/c1-17-9-10-20(18(2)15-17)30(27,28)23-13-11-21(24)22-12-6-14-29(25,26)16-19-7-4-3-5-8-19/h3-5,7-10,15,23H,6,11-14,16H2,1-2H3,(H,22,24). The number of hydrogen-bond donors (Lipinski definition) is 2. The second-order valence-corrected chi connectivity index (χ2v) is 11.1. The molecule has 0 radical (unpaired) electrons. The normalized spacial score (nSPS) is 11.9. The van der Waals surface area contributed by atoms with Crippen molar-refractivity contribution in [3.63, 3.8) is 0 Å². The highest BCUT2D eigenvalue weighted by molar-refractivity contribution is 7.90. The molecule has 164 valence electrons. The molecule has 0 saturated carbocycles. The summed E-state index contributed by atoms with van der Waals surface area (Å²) in [6.07, 6.45) is 0.274. The number of sulfone groups is 1. The quantitative estimate of drug-likeness (QED) is 0.508. The number of benzene rings is 2. The van der Waals surface area contributed by atoms with E-state index in [-0.39, 0.29) is 41.8 Å². The first-order chi connectivity index (χ1) is 14.1. The molecule has 0 heterocycles. The van der Waals surface area contributed by atoms with Crippen LogP contribution in [0, 0.1) is 13.8 Å². The van der Waals surface area contributed by atoms with Gasteiger partial charge in [-0.1, -0.05) is 48.0 Å². The van der Waals surface area contributed by atoms with E-state index >= 15 is 0 Å². The number of sulfonamides is 1. The van der Waals surface area contributed by atoms with Crippen LogP contribution in [0.2, 0.25) is 0 Å². The summed E-state index contributed by atoms with van der Waals surface area (Å²) in [6, 6.07) is 14.0. The summed E-state index contributed by atoms with van der Waals surface area (Å²) in [5.41, 5.74) is 2.35. The van der Waals surface area contributed by atoms with Crippen LogP contribution in [0.4, 0.5) is 0 Å². The molecule has 2 rings (SSSR count). The first-order valence-electron chi connectivity index (χ1n) is 9.67. The first kappa shape index (κ1) is 24.0. The van der Waals surface area contributed by atoms with E-state index in [0.717, 1.165) is 11.1 Å². The van der Waals surface area contributed by atoms with Gasteiger partial charge in [0.05, 0.1) is 16.4 Å². The zero-order valence-electron chi connectivity index (χ0n) is 17.2. The molecule has 30 heavy (non-hydrogen) atoms. The van der Waals surface area contributed by atoms with Crippen molar-refractivity contribution in [1.29, 1.82) is 0 Å². The molecule has 0 fully saturated rings. The van der Waals surface area contributed by atoms with Gasteiger partial charge in [0.1, 0.15) is 0 Å². The maximum atomic E-state index is 12.4. The predicted octanol–water partition coefficient (Wildman–Crippen LogP) is 2.09. The fraction of sp³-hybridized carbons (Fsp3) is 0.381. The Kier molecular flexibility index (Phi) is 8.57. The van der Waals surface area contributed by atoms with Gasteiger partial charge in [-0.2, -0.15) is 0 Å². The third kappa shape index (κ3) is 7.89. The fourth-order valence-electron chi connectivity index (χ4n) is 2.99. The van der Waals surface area contributed by atoms with Crippen molar-refractivity contribution < 1.29 is 21.6 Å². The van der Waals surface area contributed by atoms with Crippen molar-refractivity contribution >= 4 is 25.8 Å². The molecule has 2 N–H and O–H groups in total. The smallest absolute Gasteiger partial charge is 0.240 e. The number of carbonyl (C=O) groups excluding carboxylic acids is 1. The van der Waals surface area contributed by atoms with Gasteiger partial charge in [-0.05, 0) is 37.5 Å². The molecule has 0 aliphatic heterocycles. The number of nitrogens with one attached hydrogen (secondary N) is 2. The van der Waals surface area contributed by atoms with Gasteiger partial charge in [0.15, 0.2) is 9.84 Å². The lowest BCUT2D eigenvalue weighted by atomic mass is 10.2. The summed E-state index contributed by atoms with van der Waals surface area (Å²) in [5, 5.41) is 2.63. The van der Waals surface area contributed by atoms with E-state index in [9.17, 15) is 21.6 Å². The third-order valence-electron chi connectivity index (χ3n) is 4.45. The molecule has 9 heteroatoms. The Hall–Kier alpha value is -2.23. The Bertz CT molecular complexity index is 1070. The van der Waals surface area contributed by atoms with Gasteiger partial charge >= 0.3 is 0 Å². The monoisotopic (exact) mass is 452 g/mol. The SMILES string of the molecule is Cc1ccc(S(=O)(=O)NCCC(=O)NCCCS(=O)(=O)Cc2ccccc2)c(C)c1. The number of aryl methyl sites for hydroxylation is 2. The molecule has 2 aromatic rings. The summed E-state index contributed by atoms with van der Waals surface area (Å²) in [5.74, 6) is -0.387. The molecule has 0 aliphatic carbocycles. The highest BCUT2D eigenvalue weighted by Crippen LogP contribution is 2.16. The van der Waals surface area contributed by atoms with E-state index in [1.807, 2.05) is 13.0 Å². The first-order valence-corrected chi connectivity index (χ1v) is 13.0. The van der Waals surface area contributed by atoms with E-state index in [4.69, 9.17) is 0 Å². The zero-order valence-corrected chi connectivity index (χ0v) is 18.9. The summed E-state index contributed by atoms with van der Waals surface area (Å²) in [4.78, 5) is 12.1. The molecule has 0 unspecified atom stereocenters. The molecule has 2 aromatic carbocycles. The molecule has 0 aliphatic rings. The van der Waals surface area contributed by atoms with E-state index in [2.05, 4.69) is 10.0 Å². The third-order valence-corrected chi connectivity index (χ3v) is 7.75. The summed E-state index contributed by atoms with van der Waals surface area (Å²) in [7, 11) is -6.94. The van der Waals surface area contributed by atoms with Crippen LogP contribution >= 0.6 is 0 Å². The van der Waals surface area contributed by atoms with Crippen molar-refractivity contribution in [2.24, 2.45) is 0 Å². The van der Waals surface area contributed by atoms with Crippen molar-refractivity contribution in [2.75, 3.05) is 18.8 Å². The molecule has 0 spiro atoms. The number of amides is 1. The van der Waals surface area contributed by atoms with Crippen molar-refractivity contribution in [2.45, 2.75) is 37.3 Å². The van der Waals surface area contributed by atoms with Crippen LogP contribution in [0.15, 0.2) is 53.4 Å². The summed E-state index contributed by atoms with van der Waals surface area (Å²) < 4.78 is 51.4. The summed E-state index contributed by atoms with van der Waals surface area (Å²) in [6.45, 7) is 3.79. The Balaban J connectivity index is 1.70. The molecule has 7 nitrogen and oxygen atoms in total. The Morgan fingerprint density at radius 2 is 1.63 bits per heavy atom. The molecule has 0 bridgehead atoms. The fourth-order valence-corrected chi connectivity index (χ4v) is 5.67. The van der Waals surface area contributed by atoms with Crippen LogP contribution in [-0.2, 0) is 30.4 Å². The van der Waals surface area contributed by atoms with E-state index in [0.29, 0.717) is 12.0 Å².